The second-order valence-corrected chi connectivity index (χ2v) is 6.87. The maximum absolute atomic E-state index is 13.9. The first-order valence-electron chi connectivity index (χ1n) is 8.59. The zero-order valence-electron chi connectivity index (χ0n) is 14.4. The molecule has 0 radical (unpaired) electrons. The van der Waals surface area contributed by atoms with Crippen molar-refractivity contribution >= 4 is 33.4 Å². The van der Waals surface area contributed by atoms with Crippen molar-refractivity contribution in [2.24, 2.45) is 0 Å². The number of hydrogen-bond donors (Lipinski definition) is 0. The van der Waals surface area contributed by atoms with Crippen LogP contribution in [0.3, 0.4) is 0 Å². The lowest BCUT2D eigenvalue weighted by molar-refractivity contribution is 0.625. The zero-order valence-corrected chi connectivity index (χ0v) is 15.2. The Labute approximate surface area is 163 Å². The predicted molar refractivity (Wildman–Crippen MR) is 107 cm³/mol. The zero-order chi connectivity index (χ0) is 19.3. The summed E-state index contributed by atoms with van der Waals surface area (Å²) in [5, 5.41) is 6.86. The average molecular weight is 392 g/mol. The van der Waals surface area contributed by atoms with E-state index in [-0.39, 0.29) is 11.6 Å². The van der Waals surface area contributed by atoms with Gasteiger partial charge in [0.1, 0.15) is 17.3 Å². The van der Waals surface area contributed by atoms with E-state index in [4.69, 9.17) is 16.7 Å². The molecule has 5 rings (SSSR count). The molecule has 0 N–H and O–H groups in total. The molecule has 136 valence electrons. The lowest BCUT2D eigenvalue weighted by atomic mass is 10.1. The number of fused-ring (bicyclic) bond motifs is 3. The Kier molecular flexibility index (Phi) is 3.84. The van der Waals surface area contributed by atoms with E-state index in [1.807, 2.05) is 12.1 Å². The number of aromatic nitrogens is 3. The van der Waals surface area contributed by atoms with Crippen molar-refractivity contribution in [3.8, 4) is 16.9 Å². The molecule has 0 unspecified atom stereocenters. The molecule has 28 heavy (non-hydrogen) atoms. The van der Waals surface area contributed by atoms with Crippen LogP contribution in [0.1, 0.15) is 0 Å². The second kappa shape index (κ2) is 6.39. The highest BCUT2D eigenvalue weighted by molar-refractivity contribution is 6.31. The van der Waals surface area contributed by atoms with Crippen LogP contribution in [-0.2, 0) is 0 Å². The van der Waals surface area contributed by atoms with E-state index in [1.54, 1.807) is 41.2 Å². The molecular weight excluding hydrogens is 380 g/mol. The number of rotatable bonds is 2. The van der Waals surface area contributed by atoms with E-state index < -0.39 is 0 Å². The minimum absolute atomic E-state index is 0.326. The fourth-order valence-electron chi connectivity index (χ4n) is 3.37. The summed E-state index contributed by atoms with van der Waals surface area (Å²) in [6.07, 6.45) is 1.73. The Morgan fingerprint density at radius 2 is 1.64 bits per heavy atom. The lowest BCUT2D eigenvalue weighted by Crippen LogP contribution is -1.98. The van der Waals surface area contributed by atoms with Crippen molar-refractivity contribution in [3.63, 3.8) is 0 Å². The highest BCUT2D eigenvalue weighted by Crippen LogP contribution is 2.34. The molecule has 0 saturated heterocycles. The van der Waals surface area contributed by atoms with Gasteiger partial charge in [-0.15, -0.1) is 0 Å². The van der Waals surface area contributed by atoms with Crippen LogP contribution >= 0.6 is 11.6 Å². The van der Waals surface area contributed by atoms with Crippen LogP contribution in [0.25, 0.3) is 38.8 Å². The largest absolute Gasteiger partial charge is 0.255 e. The van der Waals surface area contributed by atoms with Gasteiger partial charge in [0.15, 0.2) is 0 Å². The summed E-state index contributed by atoms with van der Waals surface area (Å²) in [4.78, 5) is 4.52. The Hall–Kier alpha value is -3.31. The lowest BCUT2D eigenvalue weighted by Gasteiger charge is -2.06. The summed E-state index contributed by atoms with van der Waals surface area (Å²) in [6, 6.07) is 17.7. The SMILES string of the molecule is Fc1ccc(-c2nn(-c3cccc(F)c3)c3c2cnc2ccc(Cl)cc23)cc1. The molecular formula is C22H12ClF2N3. The third-order valence-electron chi connectivity index (χ3n) is 4.64. The standard InChI is InChI=1S/C22H12ClF2N3/c23-14-6-9-20-18(10-14)22-19(12-26-20)21(13-4-7-15(24)8-5-13)27-28(22)17-3-1-2-16(25)11-17/h1-12H. The molecule has 0 saturated carbocycles. The maximum Gasteiger partial charge on any atom is 0.125 e. The third kappa shape index (κ3) is 2.72. The van der Waals surface area contributed by atoms with Gasteiger partial charge in [-0.3, -0.25) is 4.98 Å². The molecule has 3 aromatic carbocycles. The molecule has 0 aliphatic carbocycles. The van der Waals surface area contributed by atoms with Gasteiger partial charge in [-0.2, -0.15) is 5.10 Å². The normalized spacial score (nSPS) is 11.4. The number of nitrogens with zero attached hydrogens (tertiary/aromatic N) is 3. The van der Waals surface area contributed by atoms with Crippen molar-refractivity contribution in [1.29, 1.82) is 0 Å². The summed E-state index contributed by atoms with van der Waals surface area (Å²) in [6.45, 7) is 0. The van der Waals surface area contributed by atoms with Gasteiger partial charge in [0.05, 0.1) is 16.7 Å². The van der Waals surface area contributed by atoms with Gasteiger partial charge in [-0.25, -0.2) is 13.5 Å². The van der Waals surface area contributed by atoms with Crippen LogP contribution in [0.4, 0.5) is 8.78 Å². The first kappa shape index (κ1) is 16.8. The van der Waals surface area contributed by atoms with E-state index >= 15 is 0 Å². The Bertz CT molecular complexity index is 1340. The van der Waals surface area contributed by atoms with Gasteiger partial charge < -0.3 is 0 Å². The molecule has 0 aliphatic rings. The first-order valence-corrected chi connectivity index (χ1v) is 8.97. The minimum atomic E-state index is -0.360. The molecule has 2 heterocycles. The van der Waals surface area contributed by atoms with E-state index in [1.165, 1.54) is 24.3 Å². The summed E-state index contributed by atoms with van der Waals surface area (Å²) in [5.74, 6) is -0.686. The summed E-state index contributed by atoms with van der Waals surface area (Å²) < 4.78 is 29.0. The molecule has 0 amide bonds. The molecule has 0 atom stereocenters. The second-order valence-electron chi connectivity index (χ2n) is 6.43. The van der Waals surface area contributed by atoms with Crippen molar-refractivity contribution in [2.45, 2.75) is 0 Å². The Morgan fingerprint density at radius 3 is 2.43 bits per heavy atom. The van der Waals surface area contributed by atoms with Crippen molar-refractivity contribution in [2.75, 3.05) is 0 Å². The van der Waals surface area contributed by atoms with Crippen LogP contribution < -0.4 is 0 Å². The number of hydrogen-bond acceptors (Lipinski definition) is 2. The quantitative estimate of drug-likeness (QED) is 0.360. The molecule has 3 nitrogen and oxygen atoms in total. The van der Waals surface area contributed by atoms with Crippen LogP contribution in [0.5, 0.6) is 0 Å². The highest BCUT2D eigenvalue weighted by atomic mass is 35.5. The number of halogens is 3. The van der Waals surface area contributed by atoms with E-state index in [0.29, 0.717) is 16.4 Å². The predicted octanol–water partition coefficient (Wildman–Crippen LogP) is 6.17. The van der Waals surface area contributed by atoms with E-state index in [2.05, 4.69) is 4.98 Å². The van der Waals surface area contributed by atoms with Gasteiger partial charge >= 0.3 is 0 Å². The monoisotopic (exact) mass is 391 g/mol. The van der Waals surface area contributed by atoms with Gasteiger partial charge in [0.25, 0.3) is 0 Å². The maximum atomic E-state index is 13.9. The Balaban J connectivity index is 1.91. The molecule has 6 heteroatoms. The van der Waals surface area contributed by atoms with E-state index in [0.717, 1.165) is 27.4 Å². The van der Waals surface area contributed by atoms with Crippen molar-refractivity contribution in [1.82, 2.24) is 14.8 Å². The highest BCUT2D eigenvalue weighted by Gasteiger charge is 2.17. The topological polar surface area (TPSA) is 30.7 Å². The van der Waals surface area contributed by atoms with Crippen LogP contribution in [0.15, 0.2) is 72.9 Å². The van der Waals surface area contributed by atoms with E-state index in [9.17, 15) is 8.78 Å². The average Bonchev–Trinajstić information content (AvgIpc) is 3.09. The van der Waals surface area contributed by atoms with Gasteiger partial charge in [-0.05, 0) is 60.7 Å². The van der Waals surface area contributed by atoms with Crippen LogP contribution in [0.2, 0.25) is 5.02 Å². The van der Waals surface area contributed by atoms with Crippen molar-refractivity contribution < 1.29 is 8.78 Å². The summed E-state index contributed by atoms with van der Waals surface area (Å²) >= 11 is 6.22. The van der Waals surface area contributed by atoms with Gasteiger partial charge in [0.2, 0.25) is 0 Å². The van der Waals surface area contributed by atoms with Crippen LogP contribution in [0, 0.1) is 11.6 Å². The summed E-state index contributed by atoms with van der Waals surface area (Å²) in [5.41, 5.74) is 3.46. The Morgan fingerprint density at radius 1 is 0.821 bits per heavy atom. The fraction of sp³-hybridized carbons (Fsp3) is 0. The molecule has 0 aliphatic heterocycles. The fourth-order valence-corrected chi connectivity index (χ4v) is 3.54. The first-order chi connectivity index (χ1) is 13.6. The van der Waals surface area contributed by atoms with Gasteiger partial charge in [-0.1, -0.05) is 17.7 Å². The van der Waals surface area contributed by atoms with Crippen molar-refractivity contribution in [3.05, 3.63) is 89.6 Å². The smallest absolute Gasteiger partial charge is 0.125 e. The minimum Gasteiger partial charge on any atom is -0.255 e. The molecule has 5 aromatic rings. The number of pyridine rings is 1. The molecule has 2 aromatic heterocycles. The van der Waals surface area contributed by atoms with Gasteiger partial charge in [0, 0.05) is 27.6 Å². The summed E-state index contributed by atoms with van der Waals surface area (Å²) in [7, 11) is 0. The van der Waals surface area contributed by atoms with Crippen LogP contribution in [-0.4, -0.2) is 14.8 Å². The third-order valence-corrected chi connectivity index (χ3v) is 4.87. The molecule has 0 bridgehead atoms. The molecule has 0 spiro atoms. The molecule has 0 fully saturated rings. The number of benzene rings is 3.